The van der Waals surface area contributed by atoms with Crippen LogP contribution in [0.15, 0.2) is 53.4 Å². The molecule has 2 aromatic carbocycles. The van der Waals surface area contributed by atoms with E-state index < -0.39 is 15.8 Å². The second kappa shape index (κ2) is 8.29. The summed E-state index contributed by atoms with van der Waals surface area (Å²) in [5, 5.41) is 0. The van der Waals surface area contributed by atoms with Crippen LogP contribution in [-0.2, 0) is 14.8 Å². The maximum absolute atomic E-state index is 12.9. The maximum Gasteiger partial charge on any atom is 0.240 e. The van der Waals surface area contributed by atoms with Crippen molar-refractivity contribution in [1.82, 2.24) is 4.72 Å². The molecule has 6 nitrogen and oxygen atoms in total. The molecule has 0 heterocycles. The van der Waals surface area contributed by atoms with Crippen LogP contribution in [0.2, 0.25) is 0 Å². The fraction of sp³-hybridized carbons (Fsp3) is 0.278. The number of benzene rings is 2. The Morgan fingerprint density at radius 3 is 2.04 bits per heavy atom. The van der Waals surface area contributed by atoms with Gasteiger partial charge in [-0.25, -0.2) is 17.5 Å². The van der Waals surface area contributed by atoms with Gasteiger partial charge in [0.15, 0.2) is 0 Å². The van der Waals surface area contributed by atoms with Crippen LogP contribution in [0.25, 0.3) is 0 Å². The van der Waals surface area contributed by atoms with Gasteiger partial charge in [-0.05, 0) is 48.5 Å². The fourth-order valence-electron chi connectivity index (χ4n) is 2.39. The minimum absolute atomic E-state index is 0.0244. The van der Waals surface area contributed by atoms with Crippen LogP contribution in [0.4, 0.5) is 15.8 Å². The van der Waals surface area contributed by atoms with Crippen LogP contribution in [0.3, 0.4) is 0 Å². The Morgan fingerprint density at radius 1 is 1.00 bits per heavy atom. The molecule has 0 bridgehead atoms. The van der Waals surface area contributed by atoms with Crippen molar-refractivity contribution in [2.45, 2.75) is 11.8 Å². The summed E-state index contributed by atoms with van der Waals surface area (Å²) in [6.45, 7) is 1.64. The van der Waals surface area contributed by atoms with Gasteiger partial charge in [0.1, 0.15) is 5.82 Å². The Kier molecular flexibility index (Phi) is 6.33. The Hall–Kier alpha value is -2.45. The van der Waals surface area contributed by atoms with Gasteiger partial charge in [-0.15, -0.1) is 0 Å². The molecule has 0 aliphatic rings. The molecule has 140 valence electrons. The minimum atomic E-state index is -3.76. The van der Waals surface area contributed by atoms with Crippen molar-refractivity contribution >= 4 is 27.3 Å². The van der Waals surface area contributed by atoms with Crippen LogP contribution in [0, 0.1) is 5.82 Å². The summed E-state index contributed by atoms with van der Waals surface area (Å²) < 4.78 is 39.8. The van der Waals surface area contributed by atoms with Gasteiger partial charge in [-0.3, -0.25) is 4.79 Å². The van der Waals surface area contributed by atoms with E-state index in [1.165, 1.54) is 24.0 Å². The maximum atomic E-state index is 12.9. The van der Waals surface area contributed by atoms with Gasteiger partial charge in [0.2, 0.25) is 15.9 Å². The van der Waals surface area contributed by atoms with Crippen LogP contribution in [0.5, 0.6) is 0 Å². The lowest BCUT2D eigenvalue weighted by Gasteiger charge is -2.22. The van der Waals surface area contributed by atoms with Crippen molar-refractivity contribution in [2.75, 3.05) is 37.0 Å². The predicted molar refractivity (Wildman–Crippen MR) is 100 cm³/mol. The van der Waals surface area contributed by atoms with Crippen molar-refractivity contribution in [3.05, 3.63) is 54.3 Å². The molecule has 2 aromatic rings. The summed E-state index contributed by atoms with van der Waals surface area (Å²) >= 11 is 0. The third kappa shape index (κ3) is 5.03. The average Bonchev–Trinajstić information content (AvgIpc) is 2.59. The van der Waals surface area contributed by atoms with Gasteiger partial charge in [0, 0.05) is 45.5 Å². The first kappa shape index (κ1) is 19.9. The number of carbonyl (C=O) groups excluding carboxylic acids is 1. The average molecular weight is 379 g/mol. The molecule has 0 radical (unpaired) electrons. The number of rotatable bonds is 7. The molecule has 0 aliphatic carbocycles. The van der Waals surface area contributed by atoms with E-state index in [-0.39, 0.29) is 23.9 Å². The lowest BCUT2D eigenvalue weighted by molar-refractivity contribution is -0.116. The number of sulfonamides is 1. The minimum Gasteiger partial charge on any atom is -0.378 e. The summed E-state index contributed by atoms with van der Waals surface area (Å²) in [5.41, 5.74) is 1.68. The third-order valence-electron chi connectivity index (χ3n) is 3.81. The molecule has 0 aliphatic heterocycles. The molecule has 1 N–H and O–H groups in total. The van der Waals surface area contributed by atoms with Crippen LogP contribution in [-0.4, -0.2) is 41.5 Å². The van der Waals surface area contributed by atoms with Gasteiger partial charge in [0.05, 0.1) is 4.90 Å². The normalized spacial score (nSPS) is 11.2. The van der Waals surface area contributed by atoms with E-state index >= 15 is 0 Å². The number of anilines is 2. The number of nitrogens with zero attached hydrogens (tertiary/aromatic N) is 2. The van der Waals surface area contributed by atoms with E-state index in [0.717, 1.165) is 17.8 Å². The summed E-state index contributed by atoms with van der Waals surface area (Å²) in [6, 6.07) is 11.9. The molecule has 0 saturated carbocycles. The van der Waals surface area contributed by atoms with Crippen LogP contribution >= 0.6 is 0 Å². The summed E-state index contributed by atoms with van der Waals surface area (Å²) in [7, 11) is 0.0774. The van der Waals surface area contributed by atoms with Crippen LogP contribution in [0.1, 0.15) is 6.92 Å². The van der Waals surface area contributed by atoms with Crippen molar-refractivity contribution in [3.8, 4) is 0 Å². The first-order valence-corrected chi connectivity index (χ1v) is 9.50. The molecule has 0 fully saturated rings. The highest BCUT2D eigenvalue weighted by Gasteiger charge is 2.16. The lowest BCUT2D eigenvalue weighted by Crippen LogP contribution is -2.37. The number of nitrogens with one attached hydrogen (secondary N) is 1. The molecule has 2 rings (SSSR count). The standard InChI is InChI=1S/C18H22FN3O3S/c1-14(23)22(17-8-6-16(7-9-17)21(2)3)13-12-20-26(24,25)18-10-4-15(19)5-11-18/h4-11,20H,12-13H2,1-3H3. The summed E-state index contributed by atoms with van der Waals surface area (Å²) in [5.74, 6) is -0.698. The number of hydrogen-bond donors (Lipinski definition) is 1. The molecule has 0 saturated heterocycles. The van der Waals surface area contributed by atoms with E-state index in [1.807, 2.05) is 43.3 Å². The highest BCUT2D eigenvalue weighted by Crippen LogP contribution is 2.19. The largest absolute Gasteiger partial charge is 0.378 e. The first-order valence-electron chi connectivity index (χ1n) is 8.01. The predicted octanol–water partition coefficient (Wildman–Crippen LogP) is 2.22. The van der Waals surface area contributed by atoms with Gasteiger partial charge in [-0.2, -0.15) is 0 Å². The third-order valence-corrected chi connectivity index (χ3v) is 5.29. The monoisotopic (exact) mass is 379 g/mol. The zero-order valence-corrected chi connectivity index (χ0v) is 15.8. The molecule has 26 heavy (non-hydrogen) atoms. The molecule has 0 spiro atoms. The molecule has 0 aromatic heterocycles. The molecular weight excluding hydrogens is 357 g/mol. The molecule has 0 atom stereocenters. The Bertz CT molecular complexity index is 850. The van der Waals surface area contributed by atoms with Gasteiger partial charge >= 0.3 is 0 Å². The lowest BCUT2D eigenvalue weighted by atomic mass is 10.2. The van der Waals surface area contributed by atoms with E-state index in [0.29, 0.717) is 5.69 Å². The van der Waals surface area contributed by atoms with E-state index in [9.17, 15) is 17.6 Å². The van der Waals surface area contributed by atoms with E-state index in [1.54, 1.807) is 0 Å². The zero-order chi connectivity index (χ0) is 19.3. The number of carbonyl (C=O) groups is 1. The molecule has 0 unspecified atom stereocenters. The highest BCUT2D eigenvalue weighted by atomic mass is 32.2. The highest BCUT2D eigenvalue weighted by molar-refractivity contribution is 7.89. The van der Waals surface area contributed by atoms with Crippen molar-refractivity contribution in [2.24, 2.45) is 0 Å². The fourth-order valence-corrected chi connectivity index (χ4v) is 3.41. The van der Waals surface area contributed by atoms with E-state index in [2.05, 4.69) is 4.72 Å². The van der Waals surface area contributed by atoms with E-state index in [4.69, 9.17) is 0 Å². The zero-order valence-electron chi connectivity index (χ0n) is 14.9. The number of halogens is 1. The number of hydrogen-bond acceptors (Lipinski definition) is 4. The quantitative estimate of drug-likeness (QED) is 0.801. The molecule has 8 heteroatoms. The SMILES string of the molecule is CC(=O)N(CCNS(=O)(=O)c1ccc(F)cc1)c1ccc(N(C)C)cc1. The Balaban J connectivity index is 2.04. The van der Waals surface area contributed by atoms with Gasteiger partial charge < -0.3 is 9.80 Å². The molecule has 1 amide bonds. The smallest absolute Gasteiger partial charge is 0.240 e. The van der Waals surface area contributed by atoms with Gasteiger partial charge in [-0.1, -0.05) is 0 Å². The molecular formula is C18H22FN3O3S. The topological polar surface area (TPSA) is 69.7 Å². The Morgan fingerprint density at radius 2 is 1.54 bits per heavy atom. The van der Waals surface area contributed by atoms with Crippen molar-refractivity contribution in [3.63, 3.8) is 0 Å². The van der Waals surface area contributed by atoms with Crippen molar-refractivity contribution in [1.29, 1.82) is 0 Å². The summed E-state index contributed by atoms with van der Waals surface area (Å²) in [6.07, 6.45) is 0. The Labute approximate surface area is 153 Å². The van der Waals surface area contributed by atoms with Gasteiger partial charge in [0.25, 0.3) is 0 Å². The second-order valence-corrected chi connectivity index (χ2v) is 7.70. The van der Waals surface area contributed by atoms with Crippen LogP contribution < -0.4 is 14.5 Å². The second-order valence-electron chi connectivity index (χ2n) is 5.93. The first-order chi connectivity index (χ1) is 12.2. The van der Waals surface area contributed by atoms with Crippen molar-refractivity contribution < 1.29 is 17.6 Å². The summed E-state index contributed by atoms with van der Waals surface area (Å²) in [4.78, 5) is 15.3. The number of amides is 1.